The van der Waals surface area contributed by atoms with Crippen molar-refractivity contribution in [2.75, 3.05) is 6.54 Å². The number of sulfonamides is 1. The van der Waals surface area contributed by atoms with Gasteiger partial charge in [-0.05, 0) is 19.8 Å². The summed E-state index contributed by atoms with van der Waals surface area (Å²) in [6.45, 7) is 1.62. The first-order valence-electron chi connectivity index (χ1n) is 4.51. The van der Waals surface area contributed by atoms with Gasteiger partial charge in [-0.2, -0.15) is 14.6 Å². The molecular formula is C8H11N3O3S. The van der Waals surface area contributed by atoms with E-state index in [4.69, 9.17) is 5.26 Å². The molecule has 0 radical (unpaired) electrons. The number of hydrogen-bond donors (Lipinski definition) is 0. The molecule has 82 valence electrons. The van der Waals surface area contributed by atoms with Crippen molar-refractivity contribution in [1.82, 2.24) is 4.31 Å². The lowest BCUT2D eigenvalue weighted by Gasteiger charge is -2.20. The molecule has 0 aliphatic carbocycles. The Kier molecular flexibility index (Phi) is 3.58. The second kappa shape index (κ2) is 4.53. The number of nitriles is 1. The largest absolute Gasteiger partial charge is 0.236 e. The highest BCUT2D eigenvalue weighted by Crippen LogP contribution is 2.23. The predicted octanol–water partition coefficient (Wildman–Crippen LogP) is -0.0140. The zero-order valence-corrected chi connectivity index (χ0v) is 9.07. The van der Waals surface area contributed by atoms with E-state index >= 15 is 0 Å². The highest BCUT2D eigenvalue weighted by molar-refractivity contribution is 7.90. The van der Waals surface area contributed by atoms with Crippen molar-refractivity contribution in [2.24, 2.45) is 4.99 Å². The molecule has 1 heterocycles. The van der Waals surface area contributed by atoms with Gasteiger partial charge >= 0.3 is 0 Å². The normalized spacial score (nSPS) is 24.1. The number of carbonyl (C=O) groups excluding carboxylic acids is 1. The van der Waals surface area contributed by atoms with Gasteiger partial charge < -0.3 is 0 Å². The number of nitrogens with zero attached hydrogens (tertiary/aromatic N) is 3. The Hall–Kier alpha value is -1.22. The number of rotatable bonds is 3. The van der Waals surface area contributed by atoms with Gasteiger partial charge in [0.2, 0.25) is 16.1 Å². The first-order valence-corrected chi connectivity index (χ1v) is 6.01. The fourth-order valence-corrected chi connectivity index (χ4v) is 2.89. The van der Waals surface area contributed by atoms with E-state index in [9.17, 15) is 13.2 Å². The maximum Gasteiger partial charge on any atom is 0.236 e. The summed E-state index contributed by atoms with van der Waals surface area (Å²) < 4.78 is 24.6. The summed E-state index contributed by atoms with van der Waals surface area (Å²) in [5.41, 5.74) is 0. The fraction of sp³-hybridized carbons (Fsp3) is 0.750. The predicted molar refractivity (Wildman–Crippen MR) is 51.8 cm³/mol. The van der Waals surface area contributed by atoms with Crippen LogP contribution < -0.4 is 0 Å². The van der Waals surface area contributed by atoms with Crippen molar-refractivity contribution in [3.8, 4) is 6.07 Å². The summed E-state index contributed by atoms with van der Waals surface area (Å²) >= 11 is 0. The van der Waals surface area contributed by atoms with Gasteiger partial charge in [-0.3, -0.25) is 0 Å². The van der Waals surface area contributed by atoms with Gasteiger partial charge in [-0.1, -0.05) is 0 Å². The molecule has 0 N–H and O–H groups in total. The minimum absolute atomic E-state index is 0.310. The lowest BCUT2D eigenvalue weighted by atomic mass is 10.3. The Morgan fingerprint density at radius 3 is 2.80 bits per heavy atom. The molecule has 1 fully saturated rings. The zero-order valence-electron chi connectivity index (χ0n) is 8.25. The minimum atomic E-state index is -3.66. The molecule has 2 atom stereocenters. The molecular weight excluding hydrogens is 218 g/mol. The van der Waals surface area contributed by atoms with E-state index in [0.29, 0.717) is 19.4 Å². The van der Waals surface area contributed by atoms with Crippen LogP contribution in [0.4, 0.5) is 0 Å². The van der Waals surface area contributed by atoms with E-state index in [2.05, 4.69) is 4.99 Å². The summed E-state index contributed by atoms with van der Waals surface area (Å²) in [6.07, 6.45) is 1.83. The Labute approximate surface area is 88.3 Å². The molecule has 0 aromatic heterocycles. The van der Waals surface area contributed by atoms with Gasteiger partial charge in [0.1, 0.15) is 6.17 Å². The van der Waals surface area contributed by atoms with Crippen LogP contribution in [0, 0.1) is 11.3 Å². The van der Waals surface area contributed by atoms with Crippen LogP contribution in [0.2, 0.25) is 0 Å². The van der Waals surface area contributed by atoms with Crippen LogP contribution in [0.1, 0.15) is 19.8 Å². The molecule has 0 spiro atoms. The van der Waals surface area contributed by atoms with Crippen molar-refractivity contribution in [3.63, 3.8) is 0 Å². The maximum absolute atomic E-state index is 11.8. The molecule has 0 aromatic carbocycles. The summed E-state index contributed by atoms with van der Waals surface area (Å²) in [6, 6.07) is 1.67. The van der Waals surface area contributed by atoms with E-state index < -0.39 is 21.4 Å². The Bertz CT molecular complexity index is 419. The molecule has 1 aliphatic rings. The average molecular weight is 229 g/mol. The Morgan fingerprint density at radius 1 is 1.60 bits per heavy atom. The lowest BCUT2D eigenvalue weighted by molar-refractivity contribution is 0.393. The third-order valence-electron chi connectivity index (χ3n) is 2.33. The number of hydrogen-bond acceptors (Lipinski definition) is 5. The summed E-state index contributed by atoms with van der Waals surface area (Å²) in [5, 5.41) is 7.47. The molecule has 15 heavy (non-hydrogen) atoms. The number of isocyanates is 1. The molecule has 0 amide bonds. The van der Waals surface area contributed by atoms with Crippen LogP contribution in [0.3, 0.4) is 0 Å². The summed E-state index contributed by atoms with van der Waals surface area (Å²) in [5.74, 6) is 0. The van der Waals surface area contributed by atoms with Gasteiger partial charge in [0, 0.05) is 6.54 Å². The van der Waals surface area contributed by atoms with Crippen LogP contribution in [-0.2, 0) is 14.8 Å². The summed E-state index contributed by atoms with van der Waals surface area (Å²) in [7, 11) is -3.66. The Balaban J connectivity index is 2.98. The molecule has 0 bridgehead atoms. The van der Waals surface area contributed by atoms with E-state index in [1.807, 2.05) is 0 Å². The van der Waals surface area contributed by atoms with Gasteiger partial charge in [-0.15, -0.1) is 0 Å². The average Bonchev–Trinajstić information content (AvgIpc) is 2.66. The first-order chi connectivity index (χ1) is 7.04. The highest BCUT2D eigenvalue weighted by atomic mass is 32.2. The van der Waals surface area contributed by atoms with Crippen molar-refractivity contribution < 1.29 is 13.2 Å². The van der Waals surface area contributed by atoms with Crippen molar-refractivity contribution >= 4 is 16.1 Å². The second-order valence-corrected chi connectivity index (χ2v) is 5.48. The molecule has 1 rings (SSSR count). The molecule has 6 nitrogen and oxygen atoms in total. The molecule has 2 unspecified atom stereocenters. The van der Waals surface area contributed by atoms with Gasteiger partial charge in [0.05, 0.1) is 6.07 Å². The third kappa shape index (κ3) is 2.23. The third-order valence-corrected chi connectivity index (χ3v) is 4.41. The van der Waals surface area contributed by atoms with Crippen molar-refractivity contribution in [3.05, 3.63) is 0 Å². The molecule has 7 heteroatoms. The van der Waals surface area contributed by atoms with Crippen LogP contribution in [0.25, 0.3) is 0 Å². The standard InChI is InChI=1S/C8H11N3O3S/c1-7(5-9)15(13,14)11-4-2-3-8(11)10-6-12/h7-8H,2-4H2,1H3. The van der Waals surface area contributed by atoms with Gasteiger partial charge in [0.15, 0.2) is 5.25 Å². The van der Waals surface area contributed by atoms with Crippen LogP contribution in [0.5, 0.6) is 0 Å². The Morgan fingerprint density at radius 2 is 2.27 bits per heavy atom. The molecule has 0 aromatic rings. The van der Waals surface area contributed by atoms with Crippen LogP contribution >= 0.6 is 0 Å². The van der Waals surface area contributed by atoms with Crippen molar-refractivity contribution in [2.45, 2.75) is 31.2 Å². The summed E-state index contributed by atoms with van der Waals surface area (Å²) in [4.78, 5) is 13.5. The SMILES string of the molecule is CC(C#N)S(=O)(=O)N1CCCC1N=C=O. The topological polar surface area (TPSA) is 90.6 Å². The fourth-order valence-electron chi connectivity index (χ4n) is 1.48. The smallest absolute Gasteiger partial charge is 0.211 e. The van der Waals surface area contributed by atoms with Crippen LogP contribution in [-0.4, -0.2) is 36.8 Å². The lowest BCUT2D eigenvalue weighted by Crippen LogP contribution is -2.39. The van der Waals surface area contributed by atoms with E-state index in [-0.39, 0.29) is 0 Å². The second-order valence-electron chi connectivity index (χ2n) is 3.27. The van der Waals surface area contributed by atoms with Gasteiger partial charge in [-0.25, -0.2) is 13.2 Å². The first kappa shape index (κ1) is 11.9. The quantitative estimate of drug-likeness (QED) is 0.502. The number of aliphatic imine (C=N–C) groups is 1. The van der Waals surface area contributed by atoms with Gasteiger partial charge in [0.25, 0.3) is 0 Å². The monoisotopic (exact) mass is 229 g/mol. The molecule has 1 saturated heterocycles. The van der Waals surface area contributed by atoms with E-state index in [1.165, 1.54) is 13.0 Å². The maximum atomic E-state index is 11.8. The highest BCUT2D eigenvalue weighted by Gasteiger charge is 2.37. The van der Waals surface area contributed by atoms with Crippen LogP contribution in [0.15, 0.2) is 4.99 Å². The molecule has 0 saturated carbocycles. The van der Waals surface area contributed by atoms with Crippen molar-refractivity contribution in [1.29, 1.82) is 5.26 Å². The minimum Gasteiger partial charge on any atom is -0.211 e. The molecule has 1 aliphatic heterocycles. The van der Waals surface area contributed by atoms with E-state index in [1.54, 1.807) is 6.07 Å². The zero-order chi connectivity index (χ0) is 11.5. The van der Waals surface area contributed by atoms with E-state index in [0.717, 1.165) is 4.31 Å².